The van der Waals surface area contributed by atoms with Crippen LogP contribution in [0.25, 0.3) is 0 Å². The van der Waals surface area contributed by atoms with Crippen LogP contribution in [0.4, 0.5) is 4.79 Å². The zero-order valence-electron chi connectivity index (χ0n) is 14.9. The summed E-state index contributed by atoms with van der Waals surface area (Å²) in [5.74, 6) is 0.420. The van der Waals surface area contributed by atoms with E-state index in [4.69, 9.17) is 0 Å². The van der Waals surface area contributed by atoms with Crippen LogP contribution in [0, 0.1) is 5.92 Å². The van der Waals surface area contributed by atoms with Crippen molar-refractivity contribution in [2.75, 3.05) is 32.7 Å². The third kappa shape index (κ3) is 4.62. The van der Waals surface area contributed by atoms with E-state index in [1.165, 1.54) is 0 Å². The van der Waals surface area contributed by atoms with E-state index in [2.05, 4.69) is 22.5 Å². The van der Waals surface area contributed by atoms with Gasteiger partial charge in [-0.2, -0.15) is 0 Å². The molecule has 0 aromatic rings. The highest BCUT2D eigenvalue weighted by molar-refractivity contribution is 5.79. The molecule has 0 aromatic heterocycles. The molecule has 136 valence electrons. The molecule has 0 spiro atoms. The zero-order chi connectivity index (χ0) is 16.9. The van der Waals surface area contributed by atoms with Gasteiger partial charge in [0.05, 0.1) is 5.92 Å². The van der Waals surface area contributed by atoms with Crippen molar-refractivity contribution in [3.8, 4) is 0 Å². The molecule has 2 N–H and O–H groups in total. The van der Waals surface area contributed by atoms with Crippen LogP contribution in [0.1, 0.15) is 51.9 Å². The molecule has 3 rings (SSSR count). The molecule has 2 saturated heterocycles. The number of piperidine rings is 2. The highest BCUT2D eigenvalue weighted by atomic mass is 16.2. The highest BCUT2D eigenvalue weighted by Crippen LogP contribution is 2.25. The van der Waals surface area contributed by atoms with Gasteiger partial charge in [-0.25, -0.2) is 4.79 Å². The van der Waals surface area contributed by atoms with Crippen molar-refractivity contribution in [2.24, 2.45) is 5.92 Å². The molecule has 3 amide bonds. The fraction of sp³-hybridized carbons (Fsp3) is 0.889. The lowest BCUT2D eigenvalue weighted by atomic mass is 9.93. The number of hydrogen-bond donors (Lipinski definition) is 2. The van der Waals surface area contributed by atoms with Crippen LogP contribution < -0.4 is 10.6 Å². The fourth-order valence-electron chi connectivity index (χ4n) is 3.88. The standard InChI is InChI=1S/C18H32N4O2/c1-2-9-19-18(24)21-11-7-16(8-12-21)22-10-3-4-14(13-22)17(23)20-15-5-6-15/h14-16H,2-13H2,1H3,(H,19,24)(H,20,23)/t14-/m1/s1. The molecule has 0 radical (unpaired) electrons. The first-order valence-electron chi connectivity index (χ1n) is 9.74. The van der Waals surface area contributed by atoms with E-state index in [1.807, 2.05) is 4.90 Å². The molecule has 6 heteroatoms. The molecule has 1 saturated carbocycles. The SMILES string of the molecule is CCCNC(=O)N1CCC(N2CCC[C@@H](C(=O)NC3CC3)C2)CC1. The van der Waals surface area contributed by atoms with Gasteiger partial charge in [0.15, 0.2) is 0 Å². The number of rotatable bonds is 5. The van der Waals surface area contributed by atoms with Gasteiger partial charge in [0.1, 0.15) is 0 Å². The molecule has 0 unspecified atom stereocenters. The molecule has 3 aliphatic rings. The Hall–Kier alpha value is -1.30. The molecule has 0 bridgehead atoms. The van der Waals surface area contributed by atoms with Crippen molar-refractivity contribution in [2.45, 2.75) is 64.0 Å². The number of carbonyl (C=O) groups is 2. The lowest BCUT2D eigenvalue weighted by Gasteiger charge is -2.42. The summed E-state index contributed by atoms with van der Waals surface area (Å²) < 4.78 is 0. The smallest absolute Gasteiger partial charge is 0.317 e. The minimum atomic E-state index is 0.0793. The van der Waals surface area contributed by atoms with Gasteiger partial charge in [0, 0.05) is 38.3 Å². The summed E-state index contributed by atoms with van der Waals surface area (Å²) in [6.45, 7) is 6.47. The maximum absolute atomic E-state index is 12.3. The summed E-state index contributed by atoms with van der Waals surface area (Å²) in [5.41, 5.74) is 0. The Bertz CT molecular complexity index is 444. The lowest BCUT2D eigenvalue weighted by molar-refractivity contribution is -0.127. The maximum atomic E-state index is 12.3. The van der Waals surface area contributed by atoms with E-state index in [0.29, 0.717) is 12.1 Å². The Morgan fingerprint density at radius 3 is 2.46 bits per heavy atom. The number of nitrogens with zero attached hydrogens (tertiary/aromatic N) is 2. The average molecular weight is 336 g/mol. The minimum absolute atomic E-state index is 0.0793. The van der Waals surface area contributed by atoms with E-state index in [9.17, 15) is 9.59 Å². The fourth-order valence-corrected chi connectivity index (χ4v) is 3.88. The molecular weight excluding hydrogens is 304 g/mol. The minimum Gasteiger partial charge on any atom is -0.353 e. The number of amides is 3. The molecule has 2 heterocycles. The summed E-state index contributed by atoms with van der Waals surface area (Å²) in [7, 11) is 0. The quantitative estimate of drug-likeness (QED) is 0.801. The Kier molecular flexibility index (Phi) is 5.98. The van der Waals surface area contributed by atoms with Crippen molar-refractivity contribution in [3.05, 3.63) is 0 Å². The van der Waals surface area contributed by atoms with Crippen LogP contribution in [0.5, 0.6) is 0 Å². The molecule has 24 heavy (non-hydrogen) atoms. The number of hydrogen-bond acceptors (Lipinski definition) is 3. The van der Waals surface area contributed by atoms with Crippen LogP contribution >= 0.6 is 0 Å². The molecule has 1 aliphatic carbocycles. The van der Waals surface area contributed by atoms with E-state index in [0.717, 1.165) is 77.7 Å². The van der Waals surface area contributed by atoms with Gasteiger partial charge in [0.2, 0.25) is 5.91 Å². The van der Waals surface area contributed by atoms with Crippen molar-refractivity contribution in [1.29, 1.82) is 0 Å². The molecule has 1 atom stereocenters. The van der Waals surface area contributed by atoms with Crippen molar-refractivity contribution in [1.82, 2.24) is 20.4 Å². The summed E-state index contributed by atoms with van der Waals surface area (Å²) in [4.78, 5) is 28.8. The van der Waals surface area contributed by atoms with E-state index in [1.54, 1.807) is 0 Å². The van der Waals surface area contributed by atoms with E-state index < -0.39 is 0 Å². The van der Waals surface area contributed by atoms with Crippen molar-refractivity contribution >= 4 is 11.9 Å². The van der Waals surface area contributed by atoms with Gasteiger partial charge in [-0.3, -0.25) is 9.69 Å². The van der Waals surface area contributed by atoms with Gasteiger partial charge in [-0.1, -0.05) is 6.92 Å². The number of carbonyl (C=O) groups excluding carboxylic acids is 2. The number of nitrogens with one attached hydrogen (secondary N) is 2. The second-order valence-corrected chi connectivity index (χ2v) is 7.57. The molecule has 3 fully saturated rings. The first-order valence-corrected chi connectivity index (χ1v) is 9.74. The largest absolute Gasteiger partial charge is 0.353 e. The summed E-state index contributed by atoms with van der Waals surface area (Å²) >= 11 is 0. The van der Waals surface area contributed by atoms with Crippen molar-refractivity contribution in [3.63, 3.8) is 0 Å². The van der Waals surface area contributed by atoms with Gasteiger partial charge >= 0.3 is 6.03 Å². The van der Waals surface area contributed by atoms with E-state index in [-0.39, 0.29) is 17.9 Å². The first-order chi connectivity index (χ1) is 11.7. The number of urea groups is 1. The normalized spacial score (nSPS) is 26.2. The van der Waals surface area contributed by atoms with Crippen LogP contribution in [0.3, 0.4) is 0 Å². The van der Waals surface area contributed by atoms with Gasteiger partial charge in [0.25, 0.3) is 0 Å². The summed E-state index contributed by atoms with van der Waals surface area (Å²) in [6.07, 6.45) is 7.46. The molecule has 0 aromatic carbocycles. The molecular formula is C18H32N4O2. The third-order valence-electron chi connectivity index (χ3n) is 5.54. The lowest BCUT2D eigenvalue weighted by Crippen LogP contribution is -2.53. The maximum Gasteiger partial charge on any atom is 0.317 e. The van der Waals surface area contributed by atoms with Gasteiger partial charge < -0.3 is 15.5 Å². The van der Waals surface area contributed by atoms with Crippen molar-refractivity contribution < 1.29 is 9.59 Å². The Morgan fingerprint density at radius 1 is 1.04 bits per heavy atom. The Balaban J connectivity index is 1.43. The Morgan fingerprint density at radius 2 is 1.79 bits per heavy atom. The monoisotopic (exact) mass is 336 g/mol. The Labute approximate surface area is 145 Å². The van der Waals surface area contributed by atoms with Gasteiger partial charge in [-0.15, -0.1) is 0 Å². The van der Waals surface area contributed by atoms with Crippen LogP contribution in [0.15, 0.2) is 0 Å². The van der Waals surface area contributed by atoms with Crippen LogP contribution in [0.2, 0.25) is 0 Å². The highest BCUT2D eigenvalue weighted by Gasteiger charge is 2.34. The summed E-state index contributed by atoms with van der Waals surface area (Å²) in [5, 5.41) is 6.12. The molecule has 6 nitrogen and oxygen atoms in total. The third-order valence-corrected chi connectivity index (χ3v) is 5.54. The van der Waals surface area contributed by atoms with Crippen LogP contribution in [-0.4, -0.2) is 66.5 Å². The predicted molar refractivity (Wildman–Crippen MR) is 93.7 cm³/mol. The second kappa shape index (κ2) is 8.19. The first kappa shape index (κ1) is 17.5. The summed E-state index contributed by atoms with van der Waals surface area (Å²) in [6, 6.07) is 1.06. The van der Waals surface area contributed by atoms with Gasteiger partial charge in [-0.05, 0) is 51.5 Å². The average Bonchev–Trinajstić information content (AvgIpc) is 3.44. The van der Waals surface area contributed by atoms with Crippen LogP contribution in [-0.2, 0) is 4.79 Å². The second-order valence-electron chi connectivity index (χ2n) is 7.57. The topological polar surface area (TPSA) is 64.7 Å². The molecule has 2 aliphatic heterocycles. The number of likely N-dealkylation sites (tertiary alicyclic amines) is 2. The predicted octanol–water partition coefficient (Wildman–Crippen LogP) is 1.56. The zero-order valence-corrected chi connectivity index (χ0v) is 14.9. The van der Waals surface area contributed by atoms with E-state index >= 15 is 0 Å².